The molecule has 3 aromatic carbocycles. The first kappa shape index (κ1) is 21.9. The van der Waals surface area contributed by atoms with Gasteiger partial charge in [0.05, 0.1) is 10.6 Å². The Hall–Kier alpha value is -2.64. The largest absolute Gasteiger partial charge is 0.490 e. The molecule has 0 radical (unpaired) electrons. The van der Waals surface area contributed by atoms with E-state index in [1.165, 1.54) is 0 Å². The maximum Gasteiger partial charge on any atom is 0.265 e. The molecule has 2 heterocycles. The summed E-state index contributed by atoms with van der Waals surface area (Å²) in [6.07, 6.45) is 5.49. The summed E-state index contributed by atoms with van der Waals surface area (Å²) in [5, 5.41) is 1.81. The van der Waals surface area contributed by atoms with Crippen LogP contribution in [0.1, 0.15) is 36.8 Å². The first-order valence-corrected chi connectivity index (χ1v) is 13.7. The van der Waals surface area contributed by atoms with Crippen LogP contribution in [-0.4, -0.2) is 45.6 Å². The highest BCUT2D eigenvalue weighted by Gasteiger charge is 2.35. The molecule has 0 amide bonds. The molecule has 0 spiro atoms. The fraction of sp³-hybridized carbons (Fsp3) is 0.407. The Morgan fingerprint density at radius 1 is 0.941 bits per heavy atom. The standard InChI is InChI=1S/C27H29FN2O3S/c28-23-11-12-25(22-8-3-7-21(22)23)33-20-13-17-29(18-14-20)15-4-16-30-24-9-1-5-19-6-2-10-26(27(19)24)34(30,31)32/h1-2,5-6,9-12,20H,3-4,7-8,13-18H2. The summed E-state index contributed by atoms with van der Waals surface area (Å²) in [4.78, 5) is 2.82. The van der Waals surface area contributed by atoms with Crippen molar-refractivity contribution in [1.29, 1.82) is 0 Å². The first-order chi connectivity index (χ1) is 16.5. The van der Waals surface area contributed by atoms with Crippen LogP contribution in [0, 0.1) is 5.82 Å². The Balaban J connectivity index is 1.04. The van der Waals surface area contributed by atoms with Gasteiger partial charge in [-0.25, -0.2) is 12.8 Å². The van der Waals surface area contributed by atoms with E-state index in [1.54, 1.807) is 22.5 Å². The zero-order valence-corrected chi connectivity index (χ0v) is 20.0. The van der Waals surface area contributed by atoms with Crippen LogP contribution in [0.5, 0.6) is 5.75 Å². The fourth-order valence-corrected chi connectivity index (χ4v) is 7.56. The van der Waals surface area contributed by atoms with E-state index in [4.69, 9.17) is 4.74 Å². The minimum Gasteiger partial charge on any atom is -0.490 e. The number of hydrogen-bond acceptors (Lipinski definition) is 4. The maximum atomic E-state index is 14.0. The summed E-state index contributed by atoms with van der Waals surface area (Å²) in [5.41, 5.74) is 2.70. The maximum absolute atomic E-state index is 14.0. The minimum atomic E-state index is -3.48. The Bertz CT molecular complexity index is 1340. The second kappa shape index (κ2) is 8.54. The van der Waals surface area contributed by atoms with Gasteiger partial charge >= 0.3 is 0 Å². The number of nitrogens with zero attached hydrogens (tertiary/aromatic N) is 2. The van der Waals surface area contributed by atoms with Crippen LogP contribution in [0.15, 0.2) is 53.4 Å². The van der Waals surface area contributed by atoms with E-state index in [1.807, 2.05) is 30.3 Å². The summed E-state index contributed by atoms with van der Waals surface area (Å²) in [7, 11) is -3.48. The summed E-state index contributed by atoms with van der Waals surface area (Å²) in [6, 6.07) is 14.6. The molecule has 0 saturated carbocycles. The third-order valence-corrected chi connectivity index (χ3v) is 9.39. The predicted molar refractivity (Wildman–Crippen MR) is 132 cm³/mol. The Morgan fingerprint density at radius 2 is 1.71 bits per heavy atom. The van der Waals surface area contributed by atoms with Gasteiger partial charge in [-0.3, -0.25) is 4.31 Å². The van der Waals surface area contributed by atoms with Crippen LogP contribution in [0.4, 0.5) is 10.1 Å². The van der Waals surface area contributed by atoms with Crippen molar-refractivity contribution in [3.05, 3.63) is 65.5 Å². The number of anilines is 1. The first-order valence-electron chi connectivity index (χ1n) is 12.3. The second-order valence-corrected chi connectivity index (χ2v) is 11.4. The average Bonchev–Trinajstić information content (AvgIpc) is 3.42. The second-order valence-electron chi connectivity index (χ2n) is 9.58. The lowest BCUT2D eigenvalue weighted by Crippen LogP contribution is -2.40. The van der Waals surface area contributed by atoms with Crippen LogP contribution < -0.4 is 9.04 Å². The minimum absolute atomic E-state index is 0.103. The molecule has 0 atom stereocenters. The molecule has 5 nitrogen and oxygen atoms in total. The van der Waals surface area contributed by atoms with Gasteiger partial charge in [0.2, 0.25) is 0 Å². The Kier molecular flexibility index (Phi) is 5.49. The van der Waals surface area contributed by atoms with E-state index >= 15 is 0 Å². The number of piperidine rings is 1. The van der Waals surface area contributed by atoms with Gasteiger partial charge in [0, 0.05) is 30.6 Å². The molecule has 0 bridgehead atoms. The highest BCUT2D eigenvalue weighted by atomic mass is 32.2. The number of rotatable bonds is 6. The normalized spacial score (nSPS) is 19.6. The molecular weight excluding hydrogens is 451 g/mol. The number of likely N-dealkylation sites (tertiary alicyclic amines) is 1. The van der Waals surface area contributed by atoms with Crippen LogP contribution in [0.3, 0.4) is 0 Å². The topological polar surface area (TPSA) is 49.9 Å². The van der Waals surface area contributed by atoms with Crippen LogP contribution in [0.2, 0.25) is 0 Å². The molecule has 3 aromatic rings. The van der Waals surface area contributed by atoms with Crippen LogP contribution in [0.25, 0.3) is 10.8 Å². The van der Waals surface area contributed by atoms with Gasteiger partial charge in [-0.2, -0.15) is 0 Å². The smallest absolute Gasteiger partial charge is 0.265 e. The quantitative estimate of drug-likeness (QED) is 0.503. The average molecular weight is 481 g/mol. The molecule has 0 unspecified atom stereocenters. The molecular formula is C27H29FN2O3S. The summed E-state index contributed by atoms with van der Waals surface area (Å²) in [5.74, 6) is 0.759. The van der Waals surface area contributed by atoms with Crippen molar-refractivity contribution < 1.29 is 17.5 Å². The molecule has 1 saturated heterocycles. The van der Waals surface area contributed by atoms with Crippen molar-refractivity contribution in [3.8, 4) is 5.75 Å². The van der Waals surface area contributed by atoms with Crippen molar-refractivity contribution >= 4 is 26.5 Å². The van der Waals surface area contributed by atoms with E-state index in [0.29, 0.717) is 11.4 Å². The zero-order chi connectivity index (χ0) is 23.3. The molecule has 7 heteroatoms. The number of hydrogen-bond donors (Lipinski definition) is 0. The van der Waals surface area contributed by atoms with E-state index in [9.17, 15) is 12.8 Å². The van der Waals surface area contributed by atoms with Gasteiger partial charge in [-0.05, 0) is 80.3 Å². The third kappa shape index (κ3) is 3.66. The molecule has 178 valence electrons. The molecule has 2 aliphatic heterocycles. The highest BCUT2D eigenvalue weighted by molar-refractivity contribution is 7.93. The van der Waals surface area contributed by atoms with Gasteiger partial charge in [0.1, 0.15) is 17.7 Å². The van der Waals surface area contributed by atoms with Crippen molar-refractivity contribution in [3.63, 3.8) is 0 Å². The lowest BCUT2D eigenvalue weighted by Gasteiger charge is -2.33. The number of sulfonamides is 1. The number of fused-ring (bicyclic) bond motifs is 1. The summed E-state index contributed by atoms with van der Waals surface area (Å²) in [6.45, 7) is 3.19. The highest BCUT2D eigenvalue weighted by Crippen LogP contribution is 2.42. The Morgan fingerprint density at radius 3 is 2.53 bits per heavy atom. The van der Waals surface area contributed by atoms with Crippen molar-refractivity contribution in [1.82, 2.24) is 4.90 Å². The lowest BCUT2D eigenvalue weighted by molar-refractivity contribution is 0.0995. The van der Waals surface area contributed by atoms with Gasteiger partial charge < -0.3 is 9.64 Å². The lowest BCUT2D eigenvalue weighted by atomic mass is 10.1. The van der Waals surface area contributed by atoms with Crippen molar-refractivity contribution in [2.45, 2.75) is 49.5 Å². The van der Waals surface area contributed by atoms with Gasteiger partial charge in [-0.1, -0.05) is 24.3 Å². The fourth-order valence-electron chi connectivity index (χ4n) is 5.81. The number of benzene rings is 3. The molecule has 1 aliphatic carbocycles. The van der Waals surface area contributed by atoms with E-state index < -0.39 is 10.0 Å². The molecule has 3 aliphatic rings. The van der Waals surface area contributed by atoms with Gasteiger partial charge in [0.15, 0.2) is 0 Å². The van der Waals surface area contributed by atoms with E-state index in [-0.39, 0.29) is 11.9 Å². The molecule has 0 aromatic heterocycles. The molecule has 0 N–H and O–H groups in total. The van der Waals surface area contributed by atoms with E-state index in [0.717, 1.165) is 91.5 Å². The van der Waals surface area contributed by atoms with Gasteiger partial charge in [-0.15, -0.1) is 0 Å². The monoisotopic (exact) mass is 480 g/mol. The number of halogens is 1. The van der Waals surface area contributed by atoms with Crippen molar-refractivity contribution in [2.24, 2.45) is 0 Å². The third-order valence-electron chi connectivity index (χ3n) is 7.53. The van der Waals surface area contributed by atoms with Crippen molar-refractivity contribution in [2.75, 3.05) is 30.5 Å². The van der Waals surface area contributed by atoms with E-state index in [2.05, 4.69) is 4.90 Å². The van der Waals surface area contributed by atoms with Crippen LogP contribution in [-0.2, 0) is 22.9 Å². The molecule has 6 rings (SSSR count). The SMILES string of the molecule is O=S1(=O)c2cccc3cccc(c23)N1CCCN1CCC(Oc2ccc(F)c3c2CCC3)CC1. The summed E-state index contributed by atoms with van der Waals surface area (Å²) >= 11 is 0. The zero-order valence-electron chi connectivity index (χ0n) is 19.2. The predicted octanol–water partition coefficient (Wildman–Crippen LogP) is 4.91. The van der Waals surface area contributed by atoms with Crippen LogP contribution >= 0.6 is 0 Å². The molecule has 1 fully saturated rings. The Labute approximate surface area is 200 Å². The molecule has 34 heavy (non-hydrogen) atoms. The summed E-state index contributed by atoms with van der Waals surface area (Å²) < 4.78 is 48.2. The number of ether oxygens (including phenoxy) is 1. The van der Waals surface area contributed by atoms with Gasteiger partial charge in [0.25, 0.3) is 10.0 Å².